The number of nitrogens with one attached hydrogen (secondary N) is 2. The molecule has 18 heavy (non-hydrogen) atoms. The fourth-order valence-electron chi connectivity index (χ4n) is 1.54. The van der Waals surface area contributed by atoms with Crippen molar-refractivity contribution in [2.24, 2.45) is 0 Å². The minimum Gasteiger partial charge on any atom is -0.477 e. The second-order valence-corrected chi connectivity index (χ2v) is 3.72. The maximum Gasteiger partial charge on any atom is 0.354 e. The number of carboxylic acids is 1. The number of hydrogen-bond acceptors (Lipinski definition) is 3. The van der Waals surface area contributed by atoms with Crippen molar-refractivity contribution in [2.75, 3.05) is 5.32 Å². The van der Waals surface area contributed by atoms with Crippen molar-refractivity contribution in [1.29, 1.82) is 0 Å². The van der Waals surface area contributed by atoms with Crippen LogP contribution in [0, 0.1) is 6.92 Å². The Bertz CT molecular complexity index is 590. The zero-order valence-corrected chi connectivity index (χ0v) is 9.60. The number of nitrogens with zero attached hydrogens (tertiary/aromatic N) is 1. The number of carbonyl (C=O) groups excluding carboxylic acids is 1. The molecule has 0 radical (unpaired) electrons. The largest absolute Gasteiger partial charge is 0.477 e. The molecule has 6 heteroatoms. The molecule has 2 heterocycles. The molecule has 0 aliphatic rings. The van der Waals surface area contributed by atoms with E-state index < -0.39 is 11.9 Å². The van der Waals surface area contributed by atoms with Gasteiger partial charge in [0.05, 0.1) is 5.69 Å². The van der Waals surface area contributed by atoms with Gasteiger partial charge in [0.2, 0.25) is 0 Å². The summed E-state index contributed by atoms with van der Waals surface area (Å²) in [6.45, 7) is 1.71. The smallest absolute Gasteiger partial charge is 0.354 e. The molecule has 0 aromatic carbocycles. The Balaban J connectivity index is 2.25. The first-order chi connectivity index (χ1) is 8.58. The van der Waals surface area contributed by atoms with Gasteiger partial charge in [-0.3, -0.25) is 9.78 Å². The third kappa shape index (κ3) is 2.37. The number of pyridine rings is 1. The van der Waals surface area contributed by atoms with Gasteiger partial charge in [0.25, 0.3) is 5.91 Å². The molecule has 6 nitrogen and oxygen atoms in total. The van der Waals surface area contributed by atoms with Crippen LogP contribution in [0.2, 0.25) is 0 Å². The molecular formula is C12H11N3O3. The van der Waals surface area contributed by atoms with Crippen molar-refractivity contribution in [3.8, 4) is 0 Å². The zero-order chi connectivity index (χ0) is 13.1. The quantitative estimate of drug-likeness (QED) is 0.766. The van der Waals surface area contributed by atoms with Crippen LogP contribution >= 0.6 is 0 Å². The second kappa shape index (κ2) is 4.70. The lowest BCUT2D eigenvalue weighted by Gasteiger charge is -2.03. The Morgan fingerprint density at radius 1 is 1.39 bits per heavy atom. The number of carbonyl (C=O) groups is 2. The van der Waals surface area contributed by atoms with Crippen molar-refractivity contribution in [2.45, 2.75) is 6.92 Å². The standard InChI is InChI=1S/C12H11N3O3/c1-7-6-9(10(14-7)12(17)18)15-11(16)8-4-2-3-5-13-8/h2-6,14H,1H3,(H,15,16)(H,17,18). The first-order valence-corrected chi connectivity index (χ1v) is 5.23. The topological polar surface area (TPSA) is 95.1 Å². The van der Waals surface area contributed by atoms with Crippen LogP contribution in [0.4, 0.5) is 5.69 Å². The average molecular weight is 245 g/mol. The second-order valence-electron chi connectivity index (χ2n) is 3.72. The van der Waals surface area contributed by atoms with E-state index in [1.165, 1.54) is 6.20 Å². The van der Waals surface area contributed by atoms with Gasteiger partial charge in [0, 0.05) is 11.9 Å². The lowest BCUT2D eigenvalue weighted by molar-refractivity contribution is 0.0692. The van der Waals surface area contributed by atoms with Crippen molar-refractivity contribution >= 4 is 17.6 Å². The molecule has 0 bridgehead atoms. The van der Waals surface area contributed by atoms with Gasteiger partial charge in [-0.15, -0.1) is 0 Å². The highest BCUT2D eigenvalue weighted by molar-refractivity contribution is 6.06. The lowest BCUT2D eigenvalue weighted by Crippen LogP contribution is -2.15. The Morgan fingerprint density at radius 3 is 2.78 bits per heavy atom. The number of carboxylic acid groups (broad SMARTS) is 1. The summed E-state index contributed by atoms with van der Waals surface area (Å²) in [5.41, 5.74) is 1.07. The monoisotopic (exact) mass is 245 g/mol. The Labute approximate surface area is 103 Å². The number of aromatic nitrogens is 2. The molecule has 0 unspecified atom stereocenters. The van der Waals surface area contributed by atoms with Crippen LogP contribution in [0.1, 0.15) is 26.7 Å². The molecule has 0 atom stereocenters. The molecule has 0 aliphatic heterocycles. The van der Waals surface area contributed by atoms with E-state index in [0.717, 1.165) is 0 Å². The van der Waals surface area contributed by atoms with E-state index in [2.05, 4.69) is 15.3 Å². The lowest BCUT2D eigenvalue weighted by atomic mass is 10.3. The maximum atomic E-state index is 11.8. The average Bonchev–Trinajstić information content (AvgIpc) is 2.71. The minimum atomic E-state index is -1.13. The van der Waals surface area contributed by atoms with E-state index in [1.807, 2.05) is 0 Å². The molecule has 92 valence electrons. The number of aromatic carboxylic acids is 1. The Morgan fingerprint density at radius 2 is 2.17 bits per heavy atom. The Hall–Kier alpha value is -2.63. The summed E-state index contributed by atoms with van der Waals surface area (Å²) in [6.07, 6.45) is 1.50. The van der Waals surface area contributed by atoms with Gasteiger partial charge in [0.1, 0.15) is 11.4 Å². The summed E-state index contributed by atoms with van der Waals surface area (Å²) in [5, 5.41) is 11.5. The fraction of sp³-hybridized carbons (Fsp3) is 0.0833. The minimum absolute atomic E-state index is 0.0446. The van der Waals surface area contributed by atoms with Gasteiger partial charge in [-0.05, 0) is 25.1 Å². The van der Waals surface area contributed by atoms with Gasteiger partial charge in [-0.25, -0.2) is 4.79 Å². The molecule has 0 saturated heterocycles. The number of H-pyrrole nitrogens is 1. The van der Waals surface area contributed by atoms with Gasteiger partial charge in [-0.1, -0.05) is 6.07 Å². The predicted molar refractivity (Wildman–Crippen MR) is 64.7 cm³/mol. The first kappa shape index (κ1) is 11.8. The van der Waals surface area contributed by atoms with E-state index in [9.17, 15) is 9.59 Å². The molecule has 3 N–H and O–H groups in total. The van der Waals surface area contributed by atoms with Gasteiger partial charge in [-0.2, -0.15) is 0 Å². The third-order valence-electron chi connectivity index (χ3n) is 2.31. The number of anilines is 1. The van der Waals surface area contributed by atoms with Crippen LogP contribution in [0.3, 0.4) is 0 Å². The van der Waals surface area contributed by atoms with Gasteiger partial charge >= 0.3 is 5.97 Å². The van der Waals surface area contributed by atoms with E-state index >= 15 is 0 Å². The van der Waals surface area contributed by atoms with Gasteiger partial charge in [0.15, 0.2) is 0 Å². The van der Waals surface area contributed by atoms with Crippen LogP contribution in [-0.4, -0.2) is 27.0 Å². The highest BCUT2D eigenvalue weighted by atomic mass is 16.4. The van der Waals surface area contributed by atoms with Crippen LogP contribution in [0.25, 0.3) is 0 Å². The molecule has 0 saturated carbocycles. The normalized spacial score (nSPS) is 10.1. The summed E-state index contributed by atoms with van der Waals surface area (Å²) in [6, 6.07) is 6.49. The highest BCUT2D eigenvalue weighted by Gasteiger charge is 2.16. The Kier molecular flexibility index (Phi) is 3.09. The van der Waals surface area contributed by atoms with Crippen LogP contribution in [0.15, 0.2) is 30.5 Å². The molecule has 2 rings (SSSR count). The number of rotatable bonds is 3. The molecular weight excluding hydrogens is 234 g/mol. The molecule has 0 fully saturated rings. The number of aromatic amines is 1. The number of amides is 1. The van der Waals surface area contributed by atoms with Crippen LogP contribution in [0.5, 0.6) is 0 Å². The molecule has 0 spiro atoms. The molecule has 1 amide bonds. The number of hydrogen-bond donors (Lipinski definition) is 3. The van der Waals surface area contributed by atoms with E-state index in [1.54, 1.807) is 31.2 Å². The predicted octanol–water partition coefficient (Wildman–Crippen LogP) is 1.67. The van der Waals surface area contributed by atoms with E-state index in [-0.39, 0.29) is 17.1 Å². The van der Waals surface area contributed by atoms with Crippen molar-refractivity contribution in [3.05, 3.63) is 47.5 Å². The SMILES string of the molecule is Cc1cc(NC(=O)c2ccccn2)c(C(=O)O)[nH]1. The first-order valence-electron chi connectivity index (χ1n) is 5.23. The summed E-state index contributed by atoms with van der Waals surface area (Å²) >= 11 is 0. The van der Waals surface area contributed by atoms with Crippen LogP contribution in [-0.2, 0) is 0 Å². The zero-order valence-electron chi connectivity index (χ0n) is 9.60. The summed E-state index contributed by atoms with van der Waals surface area (Å²) in [7, 11) is 0. The fourth-order valence-corrected chi connectivity index (χ4v) is 1.54. The van der Waals surface area contributed by atoms with Crippen LogP contribution < -0.4 is 5.32 Å². The van der Waals surface area contributed by atoms with Crippen molar-refractivity contribution in [3.63, 3.8) is 0 Å². The van der Waals surface area contributed by atoms with Crippen molar-refractivity contribution in [1.82, 2.24) is 9.97 Å². The summed E-state index contributed by atoms with van der Waals surface area (Å²) < 4.78 is 0. The van der Waals surface area contributed by atoms with Gasteiger partial charge < -0.3 is 15.4 Å². The van der Waals surface area contributed by atoms with E-state index in [0.29, 0.717) is 5.69 Å². The van der Waals surface area contributed by atoms with E-state index in [4.69, 9.17) is 5.11 Å². The maximum absolute atomic E-state index is 11.8. The summed E-state index contributed by atoms with van der Waals surface area (Å²) in [5.74, 6) is -1.57. The molecule has 2 aromatic heterocycles. The highest BCUT2D eigenvalue weighted by Crippen LogP contribution is 2.17. The third-order valence-corrected chi connectivity index (χ3v) is 2.31. The molecule has 2 aromatic rings. The molecule has 0 aliphatic carbocycles. The summed E-state index contributed by atoms with van der Waals surface area (Å²) in [4.78, 5) is 29.3. The number of aryl methyl sites for hydroxylation is 1. The van der Waals surface area contributed by atoms with Crippen molar-refractivity contribution < 1.29 is 14.7 Å².